The van der Waals surface area contributed by atoms with E-state index in [1.807, 2.05) is 42.5 Å². The Morgan fingerprint density at radius 3 is 2.60 bits per heavy atom. The Balaban J connectivity index is 1.41. The predicted octanol–water partition coefficient (Wildman–Crippen LogP) is 3.76. The molecule has 2 aromatic rings. The van der Waals surface area contributed by atoms with Crippen molar-refractivity contribution in [3.8, 4) is 11.5 Å². The molecule has 0 radical (unpaired) electrons. The predicted molar refractivity (Wildman–Crippen MR) is 118 cm³/mol. The molecule has 5 heteroatoms. The lowest BCUT2D eigenvalue weighted by molar-refractivity contribution is -0.134. The van der Waals surface area contributed by atoms with Crippen molar-refractivity contribution in [1.29, 1.82) is 0 Å². The van der Waals surface area contributed by atoms with Gasteiger partial charge >= 0.3 is 0 Å². The monoisotopic (exact) mass is 408 g/mol. The Morgan fingerprint density at radius 2 is 1.83 bits per heavy atom. The fourth-order valence-electron chi connectivity index (χ4n) is 5.11. The number of benzene rings is 2. The fourth-order valence-corrected chi connectivity index (χ4v) is 5.11. The largest absolute Gasteiger partial charge is 0.493 e. The van der Waals surface area contributed by atoms with E-state index in [0.717, 1.165) is 49.7 Å². The van der Waals surface area contributed by atoms with Gasteiger partial charge in [-0.25, -0.2) is 0 Å². The van der Waals surface area contributed by atoms with E-state index in [1.54, 1.807) is 14.2 Å². The molecule has 0 spiro atoms. The maximum absolute atomic E-state index is 12.9. The van der Waals surface area contributed by atoms with Crippen LogP contribution >= 0.6 is 0 Å². The number of ether oxygens (including phenoxy) is 2. The third-order valence-corrected chi connectivity index (χ3v) is 6.59. The number of likely N-dealkylation sites (tertiary alicyclic amines) is 2. The molecule has 160 valence electrons. The van der Waals surface area contributed by atoms with Crippen LogP contribution < -0.4 is 9.47 Å². The van der Waals surface area contributed by atoms with Crippen molar-refractivity contribution < 1.29 is 14.3 Å². The highest BCUT2D eigenvalue weighted by molar-refractivity contribution is 5.78. The molecule has 30 heavy (non-hydrogen) atoms. The van der Waals surface area contributed by atoms with Crippen LogP contribution in [-0.4, -0.2) is 55.6 Å². The molecule has 2 aromatic carbocycles. The fraction of sp³-hybridized carbons (Fsp3) is 0.480. The third-order valence-electron chi connectivity index (χ3n) is 6.59. The zero-order chi connectivity index (χ0) is 20.9. The molecule has 0 aromatic heterocycles. The summed E-state index contributed by atoms with van der Waals surface area (Å²) in [6, 6.07) is 16.7. The first kappa shape index (κ1) is 20.7. The molecule has 0 aliphatic carbocycles. The van der Waals surface area contributed by atoms with Crippen molar-refractivity contribution in [2.24, 2.45) is 5.92 Å². The molecular formula is C25H32N2O3. The summed E-state index contributed by atoms with van der Waals surface area (Å²) in [5.41, 5.74) is 2.26. The molecule has 0 bridgehead atoms. The van der Waals surface area contributed by atoms with Crippen molar-refractivity contribution in [1.82, 2.24) is 9.80 Å². The van der Waals surface area contributed by atoms with Gasteiger partial charge in [0.2, 0.25) is 5.91 Å². The van der Waals surface area contributed by atoms with Gasteiger partial charge in [0.05, 0.1) is 20.6 Å². The van der Waals surface area contributed by atoms with Gasteiger partial charge in [-0.15, -0.1) is 0 Å². The van der Waals surface area contributed by atoms with Crippen molar-refractivity contribution in [2.75, 3.05) is 33.9 Å². The highest BCUT2D eigenvalue weighted by atomic mass is 16.5. The SMILES string of the molecule is COc1cccc(CN2CCC[C@@H]3CN(C(=O)Cc4ccccc4)CC[C@@H]32)c1OC. The molecule has 2 aliphatic heterocycles. The van der Waals surface area contributed by atoms with Crippen LogP contribution in [0.25, 0.3) is 0 Å². The summed E-state index contributed by atoms with van der Waals surface area (Å²) in [6.07, 6.45) is 3.92. The van der Waals surface area contributed by atoms with Crippen LogP contribution in [0.15, 0.2) is 48.5 Å². The minimum absolute atomic E-state index is 0.256. The van der Waals surface area contributed by atoms with Gasteiger partial charge in [-0.1, -0.05) is 42.5 Å². The first-order chi connectivity index (χ1) is 14.7. The van der Waals surface area contributed by atoms with Crippen LogP contribution in [0.4, 0.5) is 0 Å². The Morgan fingerprint density at radius 1 is 1.00 bits per heavy atom. The molecule has 1 amide bonds. The van der Waals surface area contributed by atoms with Gasteiger partial charge in [-0.2, -0.15) is 0 Å². The second-order valence-electron chi connectivity index (χ2n) is 8.38. The molecular weight excluding hydrogens is 376 g/mol. The van der Waals surface area contributed by atoms with E-state index in [9.17, 15) is 4.79 Å². The number of rotatable bonds is 6. The molecule has 2 heterocycles. The molecule has 0 N–H and O–H groups in total. The van der Waals surface area contributed by atoms with Gasteiger partial charge in [0.1, 0.15) is 0 Å². The van der Waals surface area contributed by atoms with Gasteiger partial charge < -0.3 is 14.4 Å². The van der Waals surface area contributed by atoms with Gasteiger partial charge in [-0.05, 0) is 43.4 Å². The van der Waals surface area contributed by atoms with Crippen LogP contribution in [0.2, 0.25) is 0 Å². The second-order valence-corrected chi connectivity index (χ2v) is 8.38. The summed E-state index contributed by atoms with van der Waals surface area (Å²) in [6.45, 7) is 3.68. The van der Waals surface area contributed by atoms with Crippen LogP contribution in [0.1, 0.15) is 30.4 Å². The van der Waals surface area contributed by atoms with Gasteiger partial charge in [0, 0.05) is 31.2 Å². The van der Waals surface area contributed by atoms with Crippen LogP contribution in [0.3, 0.4) is 0 Å². The highest BCUT2D eigenvalue weighted by Crippen LogP contribution is 2.36. The van der Waals surface area contributed by atoms with Gasteiger partial charge in [0.15, 0.2) is 11.5 Å². The Kier molecular flexibility index (Phi) is 6.58. The van der Waals surface area contributed by atoms with E-state index in [2.05, 4.69) is 15.9 Å². The second kappa shape index (κ2) is 9.52. The summed E-state index contributed by atoms with van der Waals surface area (Å²) in [5.74, 6) is 2.41. The average molecular weight is 409 g/mol. The van der Waals surface area contributed by atoms with Crippen molar-refractivity contribution in [2.45, 2.75) is 38.3 Å². The van der Waals surface area contributed by atoms with E-state index in [4.69, 9.17) is 9.47 Å². The number of para-hydroxylation sites is 1. The zero-order valence-corrected chi connectivity index (χ0v) is 18.0. The maximum Gasteiger partial charge on any atom is 0.227 e. The molecule has 2 fully saturated rings. The third kappa shape index (κ3) is 4.46. The lowest BCUT2D eigenvalue weighted by Gasteiger charge is -2.47. The number of carbonyl (C=O) groups excluding carboxylic acids is 1. The minimum Gasteiger partial charge on any atom is -0.493 e. The minimum atomic E-state index is 0.256. The van der Waals surface area contributed by atoms with Gasteiger partial charge in [0.25, 0.3) is 0 Å². The Hall–Kier alpha value is -2.53. The van der Waals surface area contributed by atoms with Crippen molar-refractivity contribution in [3.05, 3.63) is 59.7 Å². The first-order valence-electron chi connectivity index (χ1n) is 10.9. The quantitative estimate of drug-likeness (QED) is 0.730. The number of amides is 1. The maximum atomic E-state index is 12.9. The standard InChI is InChI=1S/C25H32N2O3/c1-29-23-12-6-10-21(25(23)30-2)18-26-14-7-11-20-17-27(15-13-22(20)26)24(28)16-19-8-4-3-5-9-19/h3-6,8-10,12,20,22H,7,11,13-18H2,1-2H3/t20-,22+/m1/s1. The summed E-state index contributed by atoms with van der Waals surface area (Å²) in [7, 11) is 3.39. The van der Waals surface area contributed by atoms with E-state index >= 15 is 0 Å². The van der Waals surface area contributed by atoms with Crippen LogP contribution in [-0.2, 0) is 17.8 Å². The first-order valence-corrected chi connectivity index (χ1v) is 10.9. The number of hydrogen-bond donors (Lipinski definition) is 0. The number of carbonyl (C=O) groups is 1. The number of hydrogen-bond acceptors (Lipinski definition) is 4. The number of piperidine rings is 2. The number of nitrogens with zero attached hydrogens (tertiary/aromatic N) is 2. The highest BCUT2D eigenvalue weighted by Gasteiger charge is 2.37. The Labute approximate surface area is 179 Å². The number of fused-ring (bicyclic) bond motifs is 1. The summed E-state index contributed by atoms with van der Waals surface area (Å²) < 4.78 is 11.1. The molecule has 0 saturated carbocycles. The molecule has 0 unspecified atom stereocenters. The van der Waals surface area contributed by atoms with E-state index in [-0.39, 0.29) is 5.91 Å². The Bertz CT molecular complexity index is 855. The molecule has 4 rings (SSSR count). The van der Waals surface area contributed by atoms with Gasteiger partial charge in [-0.3, -0.25) is 9.69 Å². The van der Waals surface area contributed by atoms with Crippen LogP contribution in [0.5, 0.6) is 11.5 Å². The van der Waals surface area contributed by atoms with E-state index in [0.29, 0.717) is 18.4 Å². The summed E-state index contributed by atoms with van der Waals surface area (Å²) >= 11 is 0. The lowest BCUT2D eigenvalue weighted by atomic mass is 9.83. The van der Waals surface area contributed by atoms with Crippen molar-refractivity contribution in [3.63, 3.8) is 0 Å². The normalized spacial score (nSPS) is 21.7. The van der Waals surface area contributed by atoms with E-state index in [1.165, 1.54) is 18.4 Å². The lowest BCUT2D eigenvalue weighted by Crippen LogP contribution is -2.55. The summed E-state index contributed by atoms with van der Waals surface area (Å²) in [4.78, 5) is 17.5. The molecule has 5 nitrogen and oxygen atoms in total. The summed E-state index contributed by atoms with van der Waals surface area (Å²) in [5, 5.41) is 0. The molecule has 2 saturated heterocycles. The molecule has 2 atom stereocenters. The smallest absolute Gasteiger partial charge is 0.227 e. The molecule has 2 aliphatic rings. The van der Waals surface area contributed by atoms with Crippen molar-refractivity contribution >= 4 is 5.91 Å². The number of methoxy groups -OCH3 is 2. The zero-order valence-electron chi connectivity index (χ0n) is 18.0. The van der Waals surface area contributed by atoms with E-state index < -0.39 is 0 Å². The topological polar surface area (TPSA) is 42.0 Å². The van der Waals surface area contributed by atoms with Crippen LogP contribution in [0, 0.1) is 5.92 Å². The average Bonchev–Trinajstić information content (AvgIpc) is 2.79.